The van der Waals surface area contributed by atoms with Gasteiger partial charge in [-0.2, -0.15) is 13.2 Å². The van der Waals surface area contributed by atoms with Gasteiger partial charge in [-0.3, -0.25) is 4.98 Å². The zero-order valence-corrected chi connectivity index (χ0v) is 13.2. The molecule has 0 amide bonds. The maximum atomic E-state index is 12.7. The molecule has 11 heteroatoms. The van der Waals surface area contributed by atoms with Gasteiger partial charge in [-0.25, -0.2) is 18.7 Å². The summed E-state index contributed by atoms with van der Waals surface area (Å²) in [5.74, 6) is -0.00926. The monoisotopic (exact) mass is 386 g/mol. The van der Waals surface area contributed by atoms with Crippen LogP contribution in [0.1, 0.15) is 23.4 Å². The molecule has 0 spiro atoms. The van der Waals surface area contributed by atoms with Crippen molar-refractivity contribution in [3.63, 3.8) is 0 Å². The molecule has 0 atom stereocenters. The molecular weight excluding hydrogens is 378 g/mol. The summed E-state index contributed by atoms with van der Waals surface area (Å²) in [5.41, 5.74) is -1.35. The maximum absolute atomic E-state index is 12.7. The number of alkyl halides is 5. The van der Waals surface area contributed by atoms with Crippen LogP contribution in [0.3, 0.4) is 0 Å². The highest BCUT2D eigenvalue weighted by atomic mass is 35.5. The normalized spacial score (nSPS) is 11.8. The number of hydrogen-bond donors (Lipinski definition) is 1. The molecule has 0 saturated carbocycles. The van der Waals surface area contributed by atoms with Crippen molar-refractivity contribution in [3.8, 4) is 0 Å². The molecule has 130 valence electrons. The molecule has 2 rings (SSSR count). The summed E-state index contributed by atoms with van der Waals surface area (Å²) in [5, 5.41) is 2.23. The molecular formula is C13H9Cl2F5N4. The molecule has 0 bridgehead atoms. The lowest BCUT2D eigenvalue weighted by molar-refractivity contribution is -0.137. The highest BCUT2D eigenvalue weighted by Gasteiger charge is 2.31. The predicted molar refractivity (Wildman–Crippen MR) is 78.4 cm³/mol. The summed E-state index contributed by atoms with van der Waals surface area (Å²) < 4.78 is 62.9. The fourth-order valence-electron chi connectivity index (χ4n) is 1.76. The summed E-state index contributed by atoms with van der Waals surface area (Å²) in [6.45, 7) is 0.123. The number of nitrogens with one attached hydrogen (secondary N) is 1. The average molecular weight is 387 g/mol. The Kier molecular flexibility index (Phi) is 5.76. The average Bonchev–Trinajstić information content (AvgIpc) is 2.49. The minimum atomic E-state index is -4.53. The van der Waals surface area contributed by atoms with E-state index in [0.717, 1.165) is 12.4 Å². The van der Waals surface area contributed by atoms with Crippen LogP contribution in [0.15, 0.2) is 18.6 Å². The first-order valence-corrected chi connectivity index (χ1v) is 7.19. The molecule has 2 heterocycles. The standard InChI is InChI=1S/C13H9Cl2F5N4/c14-7-3-6(13(18,19)20)4-22-8(7)1-2-21-12-9(15)10(11(16)17)23-5-24-12/h3-5,11H,1-2H2,(H,21,23,24). The molecule has 0 aliphatic rings. The zero-order valence-electron chi connectivity index (χ0n) is 11.7. The first-order chi connectivity index (χ1) is 11.2. The van der Waals surface area contributed by atoms with Gasteiger partial charge in [-0.05, 0) is 6.07 Å². The Hall–Kier alpha value is -1.74. The Bertz CT molecular complexity index is 724. The number of rotatable bonds is 5. The molecule has 0 saturated heterocycles. The minimum absolute atomic E-state index is 0.00926. The van der Waals surface area contributed by atoms with Crippen molar-refractivity contribution in [2.24, 2.45) is 0 Å². The SMILES string of the molecule is FC(F)c1ncnc(NCCc2ncc(C(F)(F)F)cc2Cl)c1Cl. The van der Waals surface area contributed by atoms with Gasteiger partial charge in [0.2, 0.25) is 0 Å². The Labute approximate surface area is 143 Å². The summed E-state index contributed by atoms with van der Waals surface area (Å²) >= 11 is 11.5. The van der Waals surface area contributed by atoms with E-state index in [9.17, 15) is 22.0 Å². The number of pyridine rings is 1. The van der Waals surface area contributed by atoms with Crippen molar-refractivity contribution < 1.29 is 22.0 Å². The summed E-state index contributed by atoms with van der Waals surface area (Å²) in [7, 11) is 0. The molecule has 0 aliphatic carbocycles. The van der Waals surface area contributed by atoms with Gasteiger partial charge in [0, 0.05) is 19.2 Å². The second kappa shape index (κ2) is 7.43. The molecule has 0 unspecified atom stereocenters. The minimum Gasteiger partial charge on any atom is -0.368 e. The summed E-state index contributed by atoms with van der Waals surface area (Å²) in [4.78, 5) is 10.8. The van der Waals surface area contributed by atoms with Crippen molar-refractivity contribution in [3.05, 3.63) is 45.6 Å². The third kappa shape index (κ3) is 4.41. The van der Waals surface area contributed by atoms with E-state index in [4.69, 9.17) is 23.2 Å². The van der Waals surface area contributed by atoms with Crippen molar-refractivity contribution >= 4 is 29.0 Å². The number of anilines is 1. The molecule has 0 aliphatic heterocycles. The summed E-state index contributed by atoms with van der Waals surface area (Å²) in [6, 6.07) is 0.774. The van der Waals surface area contributed by atoms with Crippen molar-refractivity contribution in [1.82, 2.24) is 15.0 Å². The molecule has 4 nitrogen and oxygen atoms in total. The van der Waals surface area contributed by atoms with E-state index in [0.29, 0.717) is 6.20 Å². The van der Waals surface area contributed by atoms with E-state index in [-0.39, 0.29) is 34.5 Å². The van der Waals surface area contributed by atoms with Crippen LogP contribution in [-0.4, -0.2) is 21.5 Å². The van der Waals surface area contributed by atoms with Crippen LogP contribution >= 0.6 is 23.2 Å². The number of nitrogens with zero attached hydrogens (tertiary/aromatic N) is 3. The number of aromatic nitrogens is 3. The van der Waals surface area contributed by atoms with Crippen molar-refractivity contribution in [2.75, 3.05) is 11.9 Å². The Morgan fingerprint density at radius 2 is 1.83 bits per heavy atom. The van der Waals surface area contributed by atoms with Crippen LogP contribution in [0, 0.1) is 0 Å². The summed E-state index contributed by atoms with van der Waals surface area (Å²) in [6.07, 6.45) is -5.64. The van der Waals surface area contributed by atoms with Crippen LogP contribution in [0.2, 0.25) is 10.0 Å². The van der Waals surface area contributed by atoms with E-state index in [2.05, 4.69) is 20.3 Å². The fourth-order valence-corrected chi connectivity index (χ4v) is 2.27. The fraction of sp³-hybridized carbons (Fsp3) is 0.308. The lowest BCUT2D eigenvalue weighted by Crippen LogP contribution is -2.11. The van der Waals surface area contributed by atoms with Crippen LogP contribution < -0.4 is 5.32 Å². The van der Waals surface area contributed by atoms with Gasteiger partial charge >= 0.3 is 6.18 Å². The van der Waals surface area contributed by atoms with E-state index in [1.54, 1.807) is 0 Å². The third-order valence-corrected chi connectivity index (χ3v) is 3.62. The van der Waals surface area contributed by atoms with Crippen LogP contribution in [0.5, 0.6) is 0 Å². The van der Waals surface area contributed by atoms with Gasteiger partial charge in [0.05, 0.1) is 16.3 Å². The van der Waals surface area contributed by atoms with Gasteiger partial charge in [0.15, 0.2) is 0 Å². The lowest BCUT2D eigenvalue weighted by atomic mass is 10.2. The zero-order chi connectivity index (χ0) is 17.9. The lowest BCUT2D eigenvalue weighted by Gasteiger charge is -2.11. The molecule has 24 heavy (non-hydrogen) atoms. The highest BCUT2D eigenvalue weighted by Crippen LogP contribution is 2.31. The number of hydrogen-bond acceptors (Lipinski definition) is 4. The molecule has 0 aromatic carbocycles. The first-order valence-electron chi connectivity index (χ1n) is 6.44. The van der Waals surface area contributed by atoms with Gasteiger partial charge < -0.3 is 5.32 Å². The molecule has 0 radical (unpaired) electrons. The van der Waals surface area contributed by atoms with E-state index in [1.165, 1.54) is 0 Å². The van der Waals surface area contributed by atoms with Crippen LogP contribution in [0.25, 0.3) is 0 Å². The molecule has 2 aromatic heterocycles. The van der Waals surface area contributed by atoms with E-state index < -0.39 is 23.9 Å². The Morgan fingerprint density at radius 1 is 1.12 bits per heavy atom. The molecule has 0 fully saturated rings. The Balaban J connectivity index is 2.04. The topological polar surface area (TPSA) is 50.7 Å². The second-order valence-electron chi connectivity index (χ2n) is 4.55. The molecule has 2 aromatic rings. The van der Waals surface area contributed by atoms with E-state index >= 15 is 0 Å². The van der Waals surface area contributed by atoms with Gasteiger partial charge in [-0.1, -0.05) is 23.2 Å². The maximum Gasteiger partial charge on any atom is 0.417 e. The van der Waals surface area contributed by atoms with Crippen LogP contribution in [-0.2, 0) is 12.6 Å². The first kappa shape index (κ1) is 18.6. The van der Waals surface area contributed by atoms with Crippen molar-refractivity contribution in [2.45, 2.75) is 19.0 Å². The Morgan fingerprint density at radius 3 is 2.42 bits per heavy atom. The quantitative estimate of drug-likeness (QED) is 0.750. The van der Waals surface area contributed by atoms with E-state index in [1.807, 2.05) is 0 Å². The smallest absolute Gasteiger partial charge is 0.368 e. The second-order valence-corrected chi connectivity index (χ2v) is 5.33. The van der Waals surface area contributed by atoms with Crippen molar-refractivity contribution in [1.29, 1.82) is 0 Å². The van der Waals surface area contributed by atoms with Gasteiger partial charge in [-0.15, -0.1) is 0 Å². The number of halogens is 7. The van der Waals surface area contributed by atoms with Gasteiger partial charge in [0.25, 0.3) is 6.43 Å². The van der Waals surface area contributed by atoms with Gasteiger partial charge in [0.1, 0.15) is 22.9 Å². The molecule has 1 N–H and O–H groups in total. The third-order valence-electron chi connectivity index (χ3n) is 2.92. The van der Waals surface area contributed by atoms with Crippen LogP contribution in [0.4, 0.5) is 27.8 Å². The highest BCUT2D eigenvalue weighted by molar-refractivity contribution is 6.33. The predicted octanol–water partition coefficient (Wildman–Crippen LogP) is 4.79. The largest absolute Gasteiger partial charge is 0.417 e.